The molecule has 0 spiro atoms. The molecule has 3 aromatic rings. The summed E-state index contributed by atoms with van der Waals surface area (Å²) in [4.78, 5) is 19.8. The second-order valence-corrected chi connectivity index (χ2v) is 8.30. The first-order valence-electron chi connectivity index (χ1n) is 7.97. The van der Waals surface area contributed by atoms with Crippen molar-refractivity contribution < 1.29 is 0 Å². The molecule has 4 nitrogen and oxygen atoms in total. The molecule has 0 bridgehead atoms. The summed E-state index contributed by atoms with van der Waals surface area (Å²) < 4.78 is 2.57. The van der Waals surface area contributed by atoms with Crippen LogP contribution >= 0.6 is 33.9 Å². The fourth-order valence-corrected chi connectivity index (χ4v) is 5.01. The predicted molar refractivity (Wildman–Crippen MR) is 107 cm³/mol. The highest BCUT2D eigenvalue weighted by Gasteiger charge is 2.20. The Morgan fingerprint density at radius 1 is 1.33 bits per heavy atom. The van der Waals surface area contributed by atoms with E-state index in [4.69, 9.17) is 0 Å². The summed E-state index contributed by atoms with van der Waals surface area (Å²) in [6, 6.07) is 8.02. The summed E-state index contributed by atoms with van der Waals surface area (Å²) in [7, 11) is 0. The molecule has 0 atom stereocenters. The van der Waals surface area contributed by atoms with E-state index in [9.17, 15) is 4.79 Å². The fraction of sp³-hybridized carbons (Fsp3) is 0.278. The first-order chi connectivity index (χ1) is 11.6. The van der Waals surface area contributed by atoms with Crippen LogP contribution in [0.4, 0.5) is 0 Å². The number of aryl methyl sites for hydroxylation is 3. The topological polar surface area (TPSA) is 47.2 Å². The van der Waals surface area contributed by atoms with Crippen molar-refractivity contribution in [1.29, 1.82) is 0 Å². The van der Waals surface area contributed by atoms with Crippen molar-refractivity contribution in [2.45, 2.75) is 32.6 Å². The van der Waals surface area contributed by atoms with Crippen LogP contribution < -0.4 is 5.56 Å². The summed E-state index contributed by atoms with van der Waals surface area (Å²) in [6.45, 7) is 1.84. The van der Waals surface area contributed by atoms with Crippen LogP contribution in [0.5, 0.6) is 0 Å². The first kappa shape index (κ1) is 16.0. The maximum Gasteiger partial charge on any atom is 0.283 e. The third-order valence-corrected chi connectivity index (χ3v) is 6.16. The minimum absolute atomic E-state index is 0.0428. The third kappa shape index (κ3) is 2.82. The second kappa shape index (κ2) is 6.40. The van der Waals surface area contributed by atoms with Gasteiger partial charge in [0.1, 0.15) is 10.7 Å². The molecule has 6 heteroatoms. The van der Waals surface area contributed by atoms with E-state index in [-0.39, 0.29) is 5.56 Å². The van der Waals surface area contributed by atoms with Crippen LogP contribution in [0.25, 0.3) is 10.2 Å². The van der Waals surface area contributed by atoms with Crippen molar-refractivity contribution >= 4 is 50.4 Å². The Morgan fingerprint density at radius 3 is 3.00 bits per heavy atom. The van der Waals surface area contributed by atoms with Crippen LogP contribution in [0.2, 0.25) is 0 Å². The second-order valence-electron chi connectivity index (χ2n) is 5.97. The third-order valence-electron chi connectivity index (χ3n) is 4.30. The van der Waals surface area contributed by atoms with Crippen LogP contribution in [0.1, 0.15) is 34.7 Å². The number of benzene rings is 1. The number of halogens is 1. The number of nitrogens with zero attached hydrogens (tertiary/aromatic N) is 3. The van der Waals surface area contributed by atoms with E-state index in [1.54, 1.807) is 17.6 Å². The van der Waals surface area contributed by atoms with Gasteiger partial charge in [-0.25, -0.2) is 4.98 Å². The largest absolute Gasteiger partial charge is 0.283 e. The van der Waals surface area contributed by atoms with E-state index in [1.165, 1.54) is 21.5 Å². The van der Waals surface area contributed by atoms with E-state index in [0.29, 0.717) is 5.82 Å². The van der Waals surface area contributed by atoms with Gasteiger partial charge >= 0.3 is 0 Å². The lowest BCUT2D eigenvalue weighted by atomic mass is 9.97. The minimum atomic E-state index is -0.0428. The number of aromatic nitrogens is 2. The molecule has 0 saturated heterocycles. The van der Waals surface area contributed by atoms with Gasteiger partial charge in [0.15, 0.2) is 0 Å². The molecule has 0 fully saturated rings. The summed E-state index contributed by atoms with van der Waals surface area (Å²) in [6.07, 6.45) is 6.13. The number of hydrogen-bond donors (Lipinski definition) is 0. The molecule has 0 N–H and O–H groups in total. The zero-order chi connectivity index (χ0) is 16.7. The normalized spacial score (nSPS) is 14.4. The molecule has 1 aliphatic carbocycles. The Balaban J connectivity index is 1.85. The maximum atomic E-state index is 13.0. The number of thiophene rings is 1. The monoisotopic (exact) mass is 449 g/mol. The molecule has 0 unspecified atom stereocenters. The number of hydrogen-bond acceptors (Lipinski definition) is 4. The van der Waals surface area contributed by atoms with Gasteiger partial charge in [0.05, 0.1) is 11.6 Å². The quantitative estimate of drug-likeness (QED) is 0.437. The Labute approximate surface area is 157 Å². The minimum Gasteiger partial charge on any atom is -0.267 e. The first-order valence-corrected chi connectivity index (χ1v) is 9.87. The Hall–Kier alpha value is -1.54. The molecule has 24 heavy (non-hydrogen) atoms. The summed E-state index contributed by atoms with van der Waals surface area (Å²) >= 11 is 3.94. The molecule has 0 amide bonds. The zero-order valence-corrected chi connectivity index (χ0v) is 16.2. The molecule has 122 valence electrons. The van der Waals surface area contributed by atoms with Crippen LogP contribution in [0, 0.1) is 10.5 Å². The van der Waals surface area contributed by atoms with Gasteiger partial charge in [-0.2, -0.15) is 9.78 Å². The number of fused-ring (bicyclic) bond motifs is 3. The standard InChI is InChI=1S/C18H16IN3OS/c1-11-21-17-16(14-7-2-3-8-15(14)24-17)18(23)22(11)20-10-12-5-4-6-13(19)9-12/h4-6,9-10H,2-3,7-8H2,1H3/b20-10+. The van der Waals surface area contributed by atoms with Crippen molar-refractivity contribution in [2.75, 3.05) is 0 Å². The lowest BCUT2D eigenvalue weighted by Gasteiger charge is -2.10. The molecule has 0 radical (unpaired) electrons. The molecule has 0 aliphatic heterocycles. The predicted octanol–water partition coefficient (Wildman–Crippen LogP) is 4.13. The van der Waals surface area contributed by atoms with Gasteiger partial charge in [-0.1, -0.05) is 12.1 Å². The molecule has 4 rings (SSSR count). The van der Waals surface area contributed by atoms with E-state index < -0.39 is 0 Å². The lowest BCUT2D eigenvalue weighted by Crippen LogP contribution is -2.21. The van der Waals surface area contributed by atoms with Crippen molar-refractivity contribution in [3.05, 3.63) is 60.0 Å². The Bertz CT molecular complexity index is 1020. The maximum absolute atomic E-state index is 13.0. The summed E-state index contributed by atoms with van der Waals surface area (Å²) in [5, 5.41) is 5.19. The lowest BCUT2D eigenvalue weighted by molar-refractivity contribution is 0.698. The average molecular weight is 449 g/mol. The number of rotatable bonds is 2. The molecular weight excluding hydrogens is 433 g/mol. The molecule has 1 aliphatic rings. The van der Waals surface area contributed by atoms with Crippen LogP contribution in [0.15, 0.2) is 34.2 Å². The zero-order valence-electron chi connectivity index (χ0n) is 13.3. The van der Waals surface area contributed by atoms with Gasteiger partial charge in [0.2, 0.25) is 0 Å². The molecule has 0 saturated carbocycles. The van der Waals surface area contributed by atoms with Crippen molar-refractivity contribution in [3.63, 3.8) is 0 Å². The van der Waals surface area contributed by atoms with Crippen molar-refractivity contribution in [2.24, 2.45) is 5.10 Å². The smallest absolute Gasteiger partial charge is 0.267 e. The van der Waals surface area contributed by atoms with Gasteiger partial charge in [0.25, 0.3) is 5.56 Å². The van der Waals surface area contributed by atoms with E-state index in [2.05, 4.69) is 32.7 Å². The molecule has 2 heterocycles. The highest BCUT2D eigenvalue weighted by atomic mass is 127. The van der Waals surface area contributed by atoms with Gasteiger partial charge < -0.3 is 0 Å². The van der Waals surface area contributed by atoms with E-state index >= 15 is 0 Å². The van der Waals surface area contributed by atoms with Gasteiger partial charge in [-0.3, -0.25) is 4.79 Å². The Kier molecular flexibility index (Phi) is 4.26. The van der Waals surface area contributed by atoms with E-state index in [1.807, 2.05) is 31.2 Å². The SMILES string of the molecule is Cc1nc2sc3c(c2c(=O)n1/N=C/c1cccc(I)c1)CCCC3. The van der Waals surface area contributed by atoms with Crippen molar-refractivity contribution in [1.82, 2.24) is 9.66 Å². The fourth-order valence-electron chi connectivity index (χ4n) is 3.15. The van der Waals surface area contributed by atoms with Gasteiger partial charge in [-0.15, -0.1) is 11.3 Å². The van der Waals surface area contributed by atoms with E-state index in [0.717, 1.165) is 38.6 Å². The molecule has 2 aromatic heterocycles. The molecule has 1 aromatic carbocycles. The van der Waals surface area contributed by atoms with Crippen LogP contribution in [0.3, 0.4) is 0 Å². The summed E-state index contributed by atoms with van der Waals surface area (Å²) in [5.74, 6) is 0.632. The van der Waals surface area contributed by atoms with Crippen LogP contribution in [-0.2, 0) is 12.8 Å². The molecular formula is C18H16IN3OS. The van der Waals surface area contributed by atoms with Crippen molar-refractivity contribution in [3.8, 4) is 0 Å². The highest BCUT2D eigenvalue weighted by molar-refractivity contribution is 14.1. The highest BCUT2D eigenvalue weighted by Crippen LogP contribution is 2.33. The van der Waals surface area contributed by atoms with Gasteiger partial charge in [-0.05, 0) is 78.5 Å². The Morgan fingerprint density at radius 2 is 2.17 bits per heavy atom. The van der Waals surface area contributed by atoms with Crippen LogP contribution in [-0.4, -0.2) is 15.9 Å². The average Bonchev–Trinajstić information content (AvgIpc) is 2.92. The summed E-state index contributed by atoms with van der Waals surface area (Å²) in [5.41, 5.74) is 2.14. The van der Waals surface area contributed by atoms with Gasteiger partial charge in [0, 0.05) is 8.45 Å².